The maximum atomic E-state index is 12.4. The highest BCUT2D eigenvalue weighted by atomic mass is 19.3. The Bertz CT molecular complexity index is 1120. The van der Waals surface area contributed by atoms with Crippen molar-refractivity contribution in [2.45, 2.75) is 26.7 Å². The minimum Gasteiger partial charge on any atom is -0.366 e. The summed E-state index contributed by atoms with van der Waals surface area (Å²) in [6.45, 7) is 4.16. The predicted molar refractivity (Wildman–Crippen MR) is 110 cm³/mol. The molecule has 0 saturated heterocycles. The lowest BCUT2D eigenvalue weighted by Crippen LogP contribution is -2.29. The lowest BCUT2D eigenvalue weighted by Gasteiger charge is -2.19. The molecule has 0 atom stereocenters. The normalized spacial score (nSPS) is 13.3. The molecule has 0 radical (unpaired) electrons. The van der Waals surface area contributed by atoms with E-state index >= 15 is 0 Å². The SMILES string of the molecule is CC(C)Cc1ncc2c(n1)NCC=C2c1ccc2ncc(C(=O)NCC(F)F)n2c1. The Morgan fingerprint density at radius 3 is 2.87 bits per heavy atom. The lowest BCUT2D eigenvalue weighted by atomic mass is 9.98. The van der Waals surface area contributed by atoms with Crippen molar-refractivity contribution in [2.75, 3.05) is 18.4 Å². The number of rotatable bonds is 6. The Balaban J connectivity index is 1.68. The topological polar surface area (TPSA) is 84.2 Å². The molecule has 0 fully saturated rings. The molecule has 4 heterocycles. The van der Waals surface area contributed by atoms with E-state index in [1.807, 2.05) is 18.3 Å². The molecule has 30 heavy (non-hydrogen) atoms. The van der Waals surface area contributed by atoms with Crippen LogP contribution in [0.15, 0.2) is 36.8 Å². The second-order valence-electron chi connectivity index (χ2n) is 7.54. The lowest BCUT2D eigenvalue weighted by molar-refractivity contribution is 0.0886. The van der Waals surface area contributed by atoms with Crippen LogP contribution in [0.5, 0.6) is 0 Å². The van der Waals surface area contributed by atoms with Crippen LogP contribution in [0.2, 0.25) is 0 Å². The Kier molecular flexibility index (Phi) is 5.43. The molecule has 9 heteroatoms. The summed E-state index contributed by atoms with van der Waals surface area (Å²) in [6, 6.07) is 3.70. The summed E-state index contributed by atoms with van der Waals surface area (Å²) in [6.07, 6.45) is 5.19. The van der Waals surface area contributed by atoms with Gasteiger partial charge in [0.25, 0.3) is 12.3 Å². The summed E-state index contributed by atoms with van der Waals surface area (Å²) in [5.74, 6) is 1.43. The van der Waals surface area contributed by atoms with Gasteiger partial charge in [-0.15, -0.1) is 0 Å². The quantitative estimate of drug-likeness (QED) is 0.650. The molecule has 7 nitrogen and oxygen atoms in total. The van der Waals surface area contributed by atoms with Crippen LogP contribution < -0.4 is 10.6 Å². The number of alkyl halides is 2. The third-order valence-electron chi connectivity index (χ3n) is 4.76. The Hall–Kier alpha value is -3.36. The molecular weight excluding hydrogens is 390 g/mol. The number of hydrogen-bond donors (Lipinski definition) is 2. The van der Waals surface area contributed by atoms with Gasteiger partial charge in [0.05, 0.1) is 12.7 Å². The van der Waals surface area contributed by atoms with Crippen LogP contribution in [0.1, 0.15) is 41.3 Å². The smallest absolute Gasteiger partial charge is 0.270 e. The standard InChI is InChI=1S/C21H22F2N6O/c1-12(2)7-18-25-8-15-14(5-6-24-20(15)28-18)13-3-4-19-26-9-16(29(19)11-13)21(30)27-10-17(22)23/h3-5,8-9,11-12,17H,6-7,10H2,1-2H3,(H,27,30)(H,24,25,28). The molecule has 4 rings (SSSR count). The van der Waals surface area contributed by atoms with Crippen molar-refractivity contribution in [3.8, 4) is 0 Å². The van der Waals surface area contributed by atoms with Crippen molar-refractivity contribution in [1.29, 1.82) is 0 Å². The molecule has 1 amide bonds. The first-order valence-corrected chi connectivity index (χ1v) is 9.76. The van der Waals surface area contributed by atoms with Gasteiger partial charge in [-0.1, -0.05) is 19.9 Å². The second-order valence-corrected chi connectivity index (χ2v) is 7.54. The van der Waals surface area contributed by atoms with Crippen molar-refractivity contribution >= 4 is 22.9 Å². The number of nitrogens with zero attached hydrogens (tertiary/aromatic N) is 4. The van der Waals surface area contributed by atoms with Crippen LogP contribution in [-0.4, -0.2) is 44.8 Å². The van der Waals surface area contributed by atoms with Crippen LogP contribution in [0.4, 0.5) is 14.6 Å². The average Bonchev–Trinajstić information content (AvgIpc) is 3.14. The minimum absolute atomic E-state index is 0.200. The van der Waals surface area contributed by atoms with Crippen LogP contribution in [0.25, 0.3) is 11.2 Å². The zero-order valence-corrected chi connectivity index (χ0v) is 16.7. The van der Waals surface area contributed by atoms with Gasteiger partial charge in [0.15, 0.2) is 0 Å². The van der Waals surface area contributed by atoms with E-state index in [0.717, 1.165) is 34.8 Å². The highest BCUT2D eigenvalue weighted by molar-refractivity contribution is 5.93. The number of fused-ring (bicyclic) bond motifs is 2. The van der Waals surface area contributed by atoms with Gasteiger partial charge in [-0.25, -0.2) is 23.7 Å². The van der Waals surface area contributed by atoms with Crippen LogP contribution in [0, 0.1) is 5.92 Å². The van der Waals surface area contributed by atoms with Gasteiger partial charge < -0.3 is 10.6 Å². The first-order valence-electron chi connectivity index (χ1n) is 9.76. The molecule has 0 aliphatic carbocycles. The number of pyridine rings is 1. The molecule has 0 saturated carbocycles. The summed E-state index contributed by atoms with van der Waals surface area (Å²) in [4.78, 5) is 25.6. The van der Waals surface area contributed by atoms with Crippen LogP contribution in [-0.2, 0) is 6.42 Å². The molecule has 1 aliphatic rings. The van der Waals surface area contributed by atoms with Gasteiger partial charge in [0, 0.05) is 30.9 Å². The first kappa shape index (κ1) is 19.9. The number of aromatic nitrogens is 4. The van der Waals surface area contributed by atoms with Crippen molar-refractivity contribution in [3.63, 3.8) is 0 Å². The van der Waals surface area contributed by atoms with Gasteiger partial charge in [-0.05, 0) is 29.2 Å². The summed E-state index contributed by atoms with van der Waals surface area (Å²) in [5.41, 5.74) is 3.42. The number of imidazole rings is 1. The van der Waals surface area contributed by atoms with Gasteiger partial charge in [0.1, 0.15) is 23.0 Å². The van der Waals surface area contributed by atoms with Crippen LogP contribution in [0.3, 0.4) is 0 Å². The summed E-state index contributed by atoms with van der Waals surface area (Å²) in [7, 11) is 0. The second kappa shape index (κ2) is 8.17. The van der Waals surface area contributed by atoms with E-state index in [4.69, 9.17) is 0 Å². The first-order chi connectivity index (χ1) is 14.4. The van der Waals surface area contributed by atoms with E-state index in [0.29, 0.717) is 18.1 Å². The Morgan fingerprint density at radius 1 is 1.27 bits per heavy atom. The van der Waals surface area contributed by atoms with E-state index < -0.39 is 18.9 Å². The van der Waals surface area contributed by atoms with Crippen molar-refractivity contribution in [3.05, 3.63) is 59.4 Å². The van der Waals surface area contributed by atoms with E-state index in [1.54, 1.807) is 16.7 Å². The molecule has 1 aliphatic heterocycles. The zero-order chi connectivity index (χ0) is 21.3. The molecule has 0 spiro atoms. The fourth-order valence-corrected chi connectivity index (χ4v) is 3.42. The molecule has 3 aromatic rings. The van der Waals surface area contributed by atoms with E-state index in [9.17, 15) is 13.6 Å². The number of halogens is 2. The summed E-state index contributed by atoms with van der Waals surface area (Å²) in [5, 5.41) is 5.50. The highest BCUT2D eigenvalue weighted by Gasteiger charge is 2.19. The van der Waals surface area contributed by atoms with Gasteiger partial charge in [0.2, 0.25) is 0 Å². The number of carbonyl (C=O) groups excluding carboxylic acids is 1. The molecule has 2 N–H and O–H groups in total. The average molecular weight is 412 g/mol. The van der Waals surface area contributed by atoms with Gasteiger partial charge in [-0.3, -0.25) is 9.20 Å². The van der Waals surface area contributed by atoms with E-state index in [1.165, 1.54) is 6.20 Å². The Labute approximate surface area is 172 Å². The largest absolute Gasteiger partial charge is 0.366 e. The molecule has 156 valence electrons. The highest BCUT2D eigenvalue weighted by Crippen LogP contribution is 2.31. The maximum Gasteiger partial charge on any atom is 0.270 e. The third kappa shape index (κ3) is 4.00. The maximum absolute atomic E-state index is 12.4. The van der Waals surface area contributed by atoms with E-state index in [-0.39, 0.29) is 5.69 Å². The molecule has 0 aromatic carbocycles. The van der Waals surface area contributed by atoms with Crippen molar-refractivity contribution in [2.24, 2.45) is 5.92 Å². The number of carbonyl (C=O) groups is 1. The summed E-state index contributed by atoms with van der Waals surface area (Å²) < 4.78 is 26.5. The summed E-state index contributed by atoms with van der Waals surface area (Å²) >= 11 is 0. The van der Waals surface area contributed by atoms with Crippen molar-refractivity contribution in [1.82, 2.24) is 24.7 Å². The molecular formula is C21H22F2N6O. The number of nitrogens with one attached hydrogen (secondary N) is 2. The fraction of sp³-hybridized carbons (Fsp3) is 0.333. The minimum atomic E-state index is -2.61. The fourth-order valence-electron chi connectivity index (χ4n) is 3.42. The van der Waals surface area contributed by atoms with Crippen molar-refractivity contribution < 1.29 is 13.6 Å². The molecule has 0 unspecified atom stereocenters. The molecule has 3 aromatic heterocycles. The third-order valence-corrected chi connectivity index (χ3v) is 4.76. The van der Waals surface area contributed by atoms with E-state index in [2.05, 4.69) is 39.4 Å². The predicted octanol–water partition coefficient (Wildman–Crippen LogP) is 3.17. The Morgan fingerprint density at radius 2 is 2.10 bits per heavy atom. The molecule has 0 bridgehead atoms. The number of hydrogen-bond acceptors (Lipinski definition) is 5. The number of anilines is 1. The van der Waals surface area contributed by atoms with Gasteiger partial charge >= 0.3 is 0 Å². The monoisotopic (exact) mass is 412 g/mol. The van der Waals surface area contributed by atoms with Gasteiger partial charge in [-0.2, -0.15) is 0 Å². The number of amides is 1. The zero-order valence-electron chi connectivity index (χ0n) is 16.7. The van der Waals surface area contributed by atoms with Crippen LogP contribution >= 0.6 is 0 Å².